The van der Waals surface area contributed by atoms with Gasteiger partial charge in [0.2, 0.25) is 0 Å². The van der Waals surface area contributed by atoms with Crippen LogP contribution in [0.2, 0.25) is 0 Å². The molecule has 9 aliphatic rings. The van der Waals surface area contributed by atoms with E-state index < -0.39 is 0 Å². The fraction of sp³-hybridized carbons (Fsp3) is 0.388. The van der Waals surface area contributed by atoms with E-state index in [0.717, 1.165) is 38.5 Å². The number of ether oxygens (including phenoxy) is 1. The number of hydrogen-bond acceptors (Lipinski definition) is 1. The van der Waals surface area contributed by atoms with Crippen LogP contribution in [0.3, 0.4) is 0 Å². The third kappa shape index (κ3) is 3.68. The van der Waals surface area contributed by atoms with E-state index in [9.17, 15) is 0 Å². The van der Waals surface area contributed by atoms with Gasteiger partial charge in [-0.15, -0.1) is 0 Å². The fourth-order valence-corrected chi connectivity index (χ4v) is 12.9. The monoisotopic (exact) mass is 650 g/mol. The molecule has 0 N–H and O–H groups in total. The SMILES string of the molecule is C1=Cc2c3c(c4cc5c(cc4c2CC1)C1C=CCCC1C51C2=C(CCC(C4=CCC5OC6C=CCCC6C5C4)=C2)c2ccccc21)CCC=C3. The van der Waals surface area contributed by atoms with Gasteiger partial charge in [0, 0.05) is 5.92 Å². The Morgan fingerprint density at radius 2 is 1.50 bits per heavy atom. The third-order valence-electron chi connectivity index (χ3n) is 14.9. The lowest BCUT2D eigenvalue weighted by Gasteiger charge is -2.40. The van der Waals surface area contributed by atoms with Crippen molar-refractivity contribution in [2.75, 3.05) is 0 Å². The molecule has 0 aromatic heterocycles. The summed E-state index contributed by atoms with van der Waals surface area (Å²) in [5, 5.41) is 3.09. The summed E-state index contributed by atoms with van der Waals surface area (Å²) in [5.41, 5.74) is 19.0. The maximum absolute atomic E-state index is 6.63. The molecule has 50 heavy (non-hydrogen) atoms. The summed E-state index contributed by atoms with van der Waals surface area (Å²) < 4.78 is 6.63. The Morgan fingerprint density at radius 1 is 0.700 bits per heavy atom. The molecule has 0 radical (unpaired) electrons. The van der Waals surface area contributed by atoms with E-state index in [4.69, 9.17) is 4.74 Å². The van der Waals surface area contributed by atoms with Crippen LogP contribution >= 0.6 is 0 Å². The van der Waals surface area contributed by atoms with E-state index in [1.54, 1.807) is 66.4 Å². The van der Waals surface area contributed by atoms with Crippen molar-refractivity contribution in [1.82, 2.24) is 0 Å². The van der Waals surface area contributed by atoms with Gasteiger partial charge in [0.1, 0.15) is 0 Å². The molecule has 12 rings (SSSR count). The Labute approximate surface area is 296 Å². The molecule has 1 fully saturated rings. The molecular weight excluding hydrogens is 605 g/mol. The van der Waals surface area contributed by atoms with Gasteiger partial charge in [-0.3, -0.25) is 0 Å². The highest BCUT2D eigenvalue weighted by Gasteiger charge is 2.59. The first-order valence-corrected chi connectivity index (χ1v) is 20.0. The molecule has 0 saturated carbocycles. The van der Waals surface area contributed by atoms with Gasteiger partial charge in [0.05, 0.1) is 17.6 Å². The Hall–Kier alpha value is -3.94. The zero-order chi connectivity index (χ0) is 32.6. The molecule has 0 amide bonds. The van der Waals surface area contributed by atoms with Crippen LogP contribution in [-0.2, 0) is 23.0 Å². The van der Waals surface area contributed by atoms with Crippen LogP contribution in [0.4, 0.5) is 0 Å². The minimum Gasteiger partial charge on any atom is -0.370 e. The second kappa shape index (κ2) is 10.5. The zero-order valence-electron chi connectivity index (χ0n) is 29.1. The van der Waals surface area contributed by atoms with E-state index in [1.165, 1.54) is 49.7 Å². The lowest BCUT2D eigenvalue weighted by molar-refractivity contribution is 0.0519. The third-order valence-corrected chi connectivity index (χ3v) is 14.9. The number of aryl methyl sites for hydroxylation is 2. The molecule has 3 aromatic rings. The second-order valence-corrected chi connectivity index (χ2v) is 16.8. The van der Waals surface area contributed by atoms with Crippen molar-refractivity contribution in [3.63, 3.8) is 0 Å². The highest BCUT2D eigenvalue weighted by atomic mass is 16.5. The van der Waals surface area contributed by atoms with Crippen molar-refractivity contribution in [2.24, 2.45) is 17.8 Å². The summed E-state index contributed by atoms with van der Waals surface area (Å²) in [7, 11) is 0. The number of hydrogen-bond donors (Lipinski definition) is 0. The Kier molecular flexibility index (Phi) is 6.06. The summed E-state index contributed by atoms with van der Waals surface area (Å²) >= 11 is 0. The lowest BCUT2D eigenvalue weighted by Crippen LogP contribution is -2.35. The quantitative estimate of drug-likeness (QED) is 0.238. The molecule has 3 aromatic carbocycles. The van der Waals surface area contributed by atoms with Gasteiger partial charge >= 0.3 is 0 Å². The van der Waals surface area contributed by atoms with E-state index in [2.05, 4.69) is 97.2 Å². The number of benzene rings is 3. The van der Waals surface area contributed by atoms with E-state index >= 15 is 0 Å². The highest BCUT2D eigenvalue weighted by molar-refractivity contribution is 5.99. The van der Waals surface area contributed by atoms with Crippen LogP contribution in [-0.4, -0.2) is 12.2 Å². The minimum atomic E-state index is -0.0861. The maximum atomic E-state index is 6.63. The van der Waals surface area contributed by atoms with Crippen LogP contribution in [0.1, 0.15) is 115 Å². The van der Waals surface area contributed by atoms with Gasteiger partial charge in [0.25, 0.3) is 0 Å². The van der Waals surface area contributed by atoms with Crippen molar-refractivity contribution in [1.29, 1.82) is 0 Å². The first-order valence-electron chi connectivity index (χ1n) is 20.0. The first-order chi connectivity index (χ1) is 24.8. The van der Waals surface area contributed by atoms with Gasteiger partial charge < -0.3 is 4.74 Å². The summed E-state index contributed by atoms with van der Waals surface area (Å²) in [6.45, 7) is 0. The van der Waals surface area contributed by atoms with Gasteiger partial charge in [-0.2, -0.15) is 0 Å². The fourth-order valence-electron chi connectivity index (χ4n) is 12.9. The second-order valence-electron chi connectivity index (χ2n) is 16.8. The first kappa shape index (κ1) is 28.7. The number of fused-ring (bicyclic) bond motifs is 18. The molecule has 7 unspecified atom stereocenters. The summed E-state index contributed by atoms with van der Waals surface area (Å²) in [6.07, 6.45) is 39.8. The molecule has 1 nitrogen and oxygen atoms in total. The average molecular weight is 651 g/mol. The largest absolute Gasteiger partial charge is 0.370 e. The van der Waals surface area contributed by atoms with E-state index in [0.29, 0.717) is 35.9 Å². The lowest BCUT2D eigenvalue weighted by atomic mass is 9.62. The Morgan fingerprint density at radius 3 is 2.38 bits per heavy atom. The van der Waals surface area contributed by atoms with Gasteiger partial charge in [-0.1, -0.05) is 85.0 Å². The van der Waals surface area contributed by atoms with Crippen LogP contribution in [0.15, 0.2) is 102 Å². The molecule has 1 heterocycles. The predicted molar refractivity (Wildman–Crippen MR) is 206 cm³/mol. The summed E-state index contributed by atoms with van der Waals surface area (Å²) in [6, 6.07) is 15.1. The van der Waals surface area contributed by atoms with Crippen molar-refractivity contribution in [3.8, 4) is 0 Å². The summed E-state index contributed by atoms with van der Waals surface area (Å²) in [5.74, 6) is 2.39. The zero-order valence-corrected chi connectivity index (χ0v) is 29.1. The Balaban J connectivity index is 1.07. The topological polar surface area (TPSA) is 9.23 Å². The number of rotatable bonds is 1. The van der Waals surface area contributed by atoms with Crippen molar-refractivity contribution >= 4 is 28.5 Å². The molecule has 1 heteroatoms. The standard InChI is InChI=1S/C49H46O/c1-3-13-33-31(11-1)32-12-2-4-14-34(32)40-28-46-41(27-39(33)40)36-16-6-9-19-44(36)49(46)43-18-8-5-15-35(43)37-23-21-30(26-45(37)49)29-22-24-48-42(25-29)38-17-7-10-20-47(38)50-48/h1-2,5-6,8,10-12,15-16,18,20,22,26-28,36,38,42,44,47-48H,3-4,7,9,13-14,17,19,21,23-25H2. The predicted octanol–water partition coefficient (Wildman–Crippen LogP) is 11.7. The molecule has 7 atom stereocenters. The molecule has 0 bridgehead atoms. The molecule has 1 saturated heterocycles. The van der Waals surface area contributed by atoms with E-state index in [-0.39, 0.29) is 5.41 Å². The van der Waals surface area contributed by atoms with Crippen LogP contribution < -0.4 is 0 Å². The molecule has 248 valence electrons. The molecule has 1 aliphatic heterocycles. The van der Waals surface area contributed by atoms with Gasteiger partial charge in [-0.25, -0.2) is 0 Å². The normalized spacial score (nSPS) is 33.7. The van der Waals surface area contributed by atoms with Gasteiger partial charge in [-0.05, 0) is 185 Å². The minimum absolute atomic E-state index is 0.0861. The van der Waals surface area contributed by atoms with E-state index in [1.807, 2.05) is 0 Å². The molecule has 1 spiro atoms. The van der Waals surface area contributed by atoms with Crippen LogP contribution in [0.25, 0.3) is 28.5 Å². The smallest absolute Gasteiger partial charge is 0.0791 e. The maximum Gasteiger partial charge on any atom is 0.0791 e. The number of allylic oxidation sites excluding steroid dienone is 10. The summed E-state index contributed by atoms with van der Waals surface area (Å²) in [4.78, 5) is 0. The highest BCUT2D eigenvalue weighted by Crippen LogP contribution is 2.68. The molecule has 8 aliphatic carbocycles. The van der Waals surface area contributed by atoms with Crippen molar-refractivity contribution in [3.05, 3.63) is 146 Å². The van der Waals surface area contributed by atoms with Gasteiger partial charge in [0.15, 0.2) is 0 Å². The molecular formula is C49H46O. The van der Waals surface area contributed by atoms with Crippen LogP contribution in [0.5, 0.6) is 0 Å². The van der Waals surface area contributed by atoms with Crippen LogP contribution in [0, 0.1) is 17.8 Å². The van der Waals surface area contributed by atoms with Crippen molar-refractivity contribution < 1.29 is 4.74 Å². The van der Waals surface area contributed by atoms with Crippen molar-refractivity contribution in [2.45, 2.75) is 101 Å². The Bertz CT molecular complexity index is 2250. The average Bonchev–Trinajstić information content (AvgIpc) is 3.80.